The Hall–Kier alpha value is -0.440. The molecule has 8 heteroatoms. The van der Waals surface area contributed by atoms with Crippen LogP contribution in [0.15, 0.2) is 14.7 Å². The summed E-state index contributed by atoms with van der Waals surface area (Å²) in [6.45, 7) is 8.37. The van der Waals surface area contributed by atoms with Crippen LogP contribution in [0.4, 0.5) is 5.13 Å². The predicted molar refractivity (Wildman–Crippen MR) is 103 cm³/mol. The fourth-order valence-electron chi connectivity index (χ4n) is 3.32. The minimum Gasteiger partial charge on any atom is -0.371 e. The molecule has 2 atom stereocenters. The summed E-state index contributed by atoms with van der Waals surface area (Å²) in [6, 6.07) is 0. The third kappa shape index (κ3) is 2.95. The Morgan fingerprint density at radius 2 is 1.83 bits per heavy atom. The normalized spacial score (nSPS) is 24.0. The van der Waals surface area contributed by atoms with Crippen LogP contribution >= 0.6 is 43.2 Å². The summed E-state index contributed by atoms with van der Waals surface area (Å²) in [7, 11) is 0. The average molecular weight is 476 g/mol. The van der Waals surface area contributed by atoms with Crippen LogP contribution in [0.3, 0.4) is 0 Å². The van der Waals surface area contributed by atoms with Crippen LogP contribution in [0.1, 0.15) is 39.3 Å². The Labute approximate surface area is 162 Å². The van der Waals surface area contributed by atoms with E-state index in [9.17, 15) is 0 Å². The van der Waals surface area contributed by atoms with E-state index < -0.39 is 0 Å². The van der Waals surface area contributed by atoms with Gasteiger partial charge in [-0.25, -0.2) is 9.97 Å². The maximum absolute atomic E-state index is 5.92. The highest BCUT2D eigenvalue weighted by atomic mass is 79.9. The molecule has 2 saturated heterocycles. The van der Waals surface area contributed by atoms with Gasteiger partial charge in [-0.05, 0) is 44.7 Å². The fourth-order valence-corrected chi connectivity index (χ4v) is 5.94. The number of ether oxygens (including phenoxy) is 1. The molecule has 0 amide bonds. The number of imidazole rings is 1. The third-order valence-electron chi connectivity index (χ3n) is 4.51. The Morgan fingerprint density at radius 3 is 2.42 bits per heavy atom. The van der Waals surface area contributed by atoms with Gasteiger partial charge in [-0.2, -0.15) is 0 Å². The van der Waals surface area contributed by atoms with Gasteiger partial charge in [0, 0.05) is 23.9 Å². The van der Waals surface area contributed by atoms with Gasteiger partial charge < -0.3 is 9.64 Å². The molecule has 2 aliphatic rings. The third-order valence-corrected chi connectivity index (χ3v) is 6.66. The molecule has 130 valence electrons. The molecule has 4 heterocycles. The molecule has 2 bridgehead atoms. The number of thiazole rings is 1. The van der Waals surface area contributed by atoms with E-state index in [1.165, 1.54) is 12.8 Å². The van der Waals surface area contributed by atoms with Crippen molar-refractivity contribution in [3.8, 4) is 5.82 Å². The van der Waals surface area contributed by atoms with Crippen LogP contribution in [0.25, 0.3) is 5.82 Å². The van der Waals surface area contributed by atoms with E-state index in [0.29, 0.717) is 12.2 Å². The largest absolute Gasteiger partial charge is 0.371 e. The number of hydrogen-bond donors (Lipinski definition) is 0. The van der Waals surface area contributed by atoms with E-state index in [1.54, 1.807) is 11.3 Å². The summed E-state index contributed by atoms with van der Waals surface area (Å²) in [5.74, 6) is 0.899. The minimum absolute atomic E-state index is 0.0329. The second-order valence-corrected chi connectivity index (χ2v) is 9.75. The molecule has 0 saturated carbocycles. The second kappa shape index (κ2) is 6.07. The van der Waals surface area contributed by atoms with Crippen LogP contribution in [0.5, 0.6) is 0 Å². The molecule has 5 nitrogen and oxygen atoms in total. The van der Waals surface area contributed by atoms with Crippen molar-refractivity contribution in [2.24, 2.45) is 0 Å². The number of halogens is 2. The topological polar surface area (TPSA) is 43.2 Å². The molecule has 2 aromatic rings. The van der Waals surface area contributed by atoms with Crippen molar-refractivity contribution in [3.05, 3.63) is 20.4 Å². The lowest BCUT2D eigenvalue weighted by molar-refractivity contribution is 0.0305. The molecule has 2 aromatic heterocycles. The Bertz CT molecular complexity index is 755. The maximum atomic E-state index is 5.92. The van der Waals surface area contributed by atoms with Gasteiger partial charge in [0.25, 0.3) is 0 Å². The summed E-state index contributed by atoms with van der Waals surface area (Å²) in [6.07, 6.45) is 3.09. The molecule has 0 aliphatic carbocycles. The highest BCUT2D eigenvalue weighted by molar-refractivity contribution is 9.11. The lowest BCUT2D eigenvalue weighted by atomic mass is 9.93. The first-order chi connectivity index (χ1) is 11.3. The highest BCUT2D eigenvalue weighted by Gasteiger charge is 2.35. The Kier molecular flexibility index (Phi) is 4.30. The molecule has 4 rings (SSSR count). The van der Waals surface area contributed by atoms with Gasteiger partial charge in [0.2, 0.25) is 0 Å². The summed E-state index contributed by atoms with van der Waals surface area (Å²) in [5.41, 5.74) is 0.989. The van der Waals surface area contributed by atoms with Gasteiger partial charge in [-0.15, -0.1) is 11.3 Å². The van der Waals surface area contributed by atoms with Gasteiger partial charge in [0.1, 0.15) is 4.60 Å². The summed E-state index contributed by atoms with van der Waals surface area (Å²) in [5, 5.41) is 3.16. The molecule has 2 fully saturated rings. The summed E-state index contributed by atoms with van der Waals surface area (Å²) >= 11 is 8.98. The smallest absolute Gasteiger partial charge is 0.187 e. The van der Waals surface area contributed by atoms with Crippen molar-refractivity contribution in [1.82, 2.24) is 14.5 Å². The Morgan fingerprint density at radius 1 is 1.17 bits per heavy atom. The number of rotatable bonds is 2. The molecule has 1 unspecified atom stereocenters. The number of nitrogens with zero attached hydrogens (tertiary/aromatic N) is 4. The zero-order valence-corrected chi connectivity index (χ0v) is 17.9. The van der Waals surface area contributed by atoms with E-state index in [2.05, 4.69) is 67.9 Å². The average Bonchev–Trinajstić information content (AvgIpc) is 3.17. The molecule has 0 aromatic carbocycles. The first-order valence-electron chi connectivity index (χ1n) is 8.13. The van der Waals surface area contributed by atoms with E-state index in [0.717, 1.165) is 39.1 Å². The van der Waals surface area contributed by atoms with Crippen molar-refractivity contribution in [2.45, 2.75) is 51.2 Å². The molecular weight excluding hydrogens is 456 g/mol. The monoisotopic (exact) mass is 474 g/mol. The van der Waals surface area contributed by atoms with Crippen molar-refractivity contribution in [2.75, 3.05) is 18.0 Å². The molecular formula is C16H20Br2N4OS. The van der Waals surface area contributed by atoms with E-state index in [1.807, 2.05) is 4.57 Å². The zero-order chi connectivity index (χ0) is 17.1. The summed E-state index contributed by atoms with van der Waals surface area (Å²) in [4.78, 5) is 11.9. The van der Waals surface area contributed by atoms with Crippen molar-refractivity contribution >= 4 is 48.3 Å². The molecule has 0 radical (unpaired) electrons. The van der Waals surface area contributed by atoms with E-state index in [-0.39, 0.29) is 5.41 Å². The molecule has 0 N–H and O–H groups in total. The van der Waals surface area contributed by atoms with E-state index >= 15 is 0 Å². The second-order valence-electron chi connectivity index (χ2n) is 7.46. The fraction of sp³-hybridized carbons (Fsp3) is 0.625. The van der Waals surface area contributed by atoms with Crippen molar-refractivity contribution in [1.29, 1.82) is 0 Å². The van der Waals surface area contributed by atoms with Crippen LogP contribution in [-0.2, 0) is 10.2 Å². The van der Waals surface area contributed by atoms with Crippen LogP contribution in [0, 0.1) is 0 Å². The first-order valence-corrected chi connectivity index (χ1v) is 10.6. The standard InChI is InChI=1S/C16H20Br2N4OS/c1-16(2,3)12-13(17)22(14(18)20-12)11-8-24-15(19-11)21-6-9-4-5-10(7-21)23-9/h8-10H,4-7H2,1-3H3/t9-,10?/m0/s1. The van der Waals surface area contributed by atoms with Gasteiger partial charge in [-0.3, -0.25) is 4.57 Å². The lowest BCUT2D eigenvalue weighted by Crippen LogP contribution is -2.42. The van der Waals surface area contributed by atoms with Crippen LogP contribution in [0.2, 0.25) is 0 Å². The highest BCUT2D eigenvalue weighted by Crippen LogP contribution is 2.36. The first kappa shape index (κ1) is 17.0. The predicted octanol–water partition coefficient (Wildman–Crippen LogP) is 4.52. The van der Waals surface area contributed by atoms with Crippen molar-refractivity contribution in [3.63, 3.8) is 0 Å². The quantitative estimate of drug-likeness (QED) is 0.640. The van der Waals surface area contributed by atoms with Gasteiger partial charge in [-0.1, -0.05) is 20.8 Å². The van der Waals surface area contributed by atoms with Crippen LogP contribution in [-0.4, -0.2) is 39.8 Å². The van der Waals surface area contributed by atoms with Crippen LogP contribution < -0.4 is 4.90 Å². The number of morpholine rings is 1. The lowest BCUT2D eigenvalue weighted by Gasteiger charge is -2.31. The van der Waals surface area contributed by atoms with Gasteiger partial charge in [0.05, 0.1) is 17.9 Å². The summed E-state index contributed by atoms with van der Waals surface area (Å²) < 4.78 is 9.68. The minimum atomic E-state index is -0.0329. The van der Waals surface area contributed by atoms with E-state index in [4.69, 9.17) is 9.72 Å². The molecule has 24 heavy (non-hydrogen) atoms. The maximum Gasteiger partial charge on any atom is 0.187 e. The Balaban J connectivity index is 1.65. The molecule has 2 aliphatic heterocycles. The number of fused-ring (bicyclic) bond motifs is 2. The van der Waals surface area contributed by atoms with Crippen molar-refractivity contribution < 1.29 is 4.74 Å². The van der Waals surface area contributed by atoms with Gasteiger partial charge in [0.15, 0.2) is 15.7 Å². The number of aromatic nitrogens is 3. The molecule has 0 spiro atoms. The SMILES string of the molecule is CC(C)(C)c1nc(Br)n(-c2csc(N3CC4CC[C@@H](C3)O4)n2)c1Br. The zero-order valence-electron chi connectivity index (χ0n) is 13.9. The number of anilines is 1. The van der Waals surface area contributed by atoms with Gasteiger partial charge >= 0.3 is 0 Å². The number of hydrogen-bond acceptors (Lipinski definition) is 5.